The molecule has 0 bridgehead atoms. The highest BCUT2D eigenvalue weighted by molar-refractivity contribution is 7.10. The van der Waals surface area contributed by atoms with Gasteiger partial charge in [-0.2, -0.15) is 5.26 Å². The van der Waals surface area contributed by atoms with Gasteiger partial charge in [0.25, 0.3) is 0 Å². The van der Waals surface area contributed by atoms with Crippen molar-refractivity contribution >= 4 is 11.3 Å². The van der Waals surface area contributed by atoms with Crippen LogP contribution < -0.4 is 5.32 Å². The molecular weight excluding hydrogens is 254 g/mol. The molecule has 2 rings (SSSR count). The summed E-state index contributed by atoms with van der Waals surface area (Å²) >= 11 is 1.80. The summed E-state index contributed by atoms with van der Waals surface area (Å²) < 4.78 is 1.87. The number of thiophene rings is 1. The Balaban J connectivity index is 2.00. The zero-order chi connectivity index (χ0) is 13.7. The normalized spacial score (nSPS) is 12.3. The minimum atomic E-state index is 0.413. The average Bonchev–Trinajstić information content (AvgIpc) is 3.03. The summed E-state index contributed by atoms with van der Waals surface area (Å²) in [5.74, 6) is 0. The summed E-state index contributed by atoms with van der Waals surface area (Å²) in [5, 5.41) is 14.7. The third kappa shape index (κ3) is 3.46. The Morgan fingerprint density at radius 3 is 2.95 bits per heavy atom. The molecule has 0 amide bonds. The fraction of sp³-hybridized carbons (Fsp3) is 0.400. The Morgan fingerprint density at radius 1 is 1.53 bits per heavy atom. The number of nitrogens with one attached hydrogen (secondary N) is 1. The van der Waals surface area contributed by atoms with Gasteiger partial charge in [0.15, 0.2) is 0 Å². The zero-order valence-corrected chi connectivity index (χ0v) is 12.2. The number of hydrogen-bond acceptors (Lipinski definition) is 3. The van der Waals surface area contributed by atoms with Crippen molar-refractivity contribution in [1.82, 2.24) is 9.88 Å². The van der Waals surface area contributed by atoms with Gasteiger partial charge >= 0.3 is 0 Å². The maximum Gasteiger partial charge on any atom is 0.120 e. The van der Waals surface area contributed by atoms with E-state index in [2.05, 4.69) is 35.8 Å². The van der Waals surface area contributed by atoms with Gasteiger partial charge in [0.1, 0.15) is 11.8 Å². The van der Waals surface area contributed by atoms with Crippen LogP contribution in [0.1, 0.15) is 41.9 Å². The second kappa shape index (κ2) is 6.55. The Labute approximate surface area is 118 Å². The Bertz CT molecular complexity index is 548. The van der Waals surface area contributed by atoms with Gasteiger partial charge in [-0.25, -0.2) is 0 Å². The van der Waals surface area contributed by atoms with Crippen LogP contribution in [-0.2, 0) is 13.6 Å². The maximum atomic E-state index is 8.95. The van der Waals surface area contributed by atoms with Crippen molar-refractivity contribution < 1.29 is 0 Å². The van der Waals surface area contributed by atoms with Crippen LogP contribution in [0, 0.1) is 11.3 Å². The molecule has 0 aliphatic heterocycles. The molecule has 19 heavy (non-hydrogen) atoms. The fourth-order valence-corrected chi connectivity index (χ4v) is 3.04. The van der Waals surface area contributed by atoms with Gasteiger partial charge in [-0.1, -0.05) is 19.4 Å². The third-order valence-corrected chi connectivity index (χ3v) is 4.18. The maximum absolute atomic E-state index is 8.95. The molecule has 0 aliphatic rings. The van der Waals surface area contributed by atoms with Gasteiger partial charge in [0.05, 0.1) is 0 Å². The van der Waals surface area contributed by atoms with Crippen LogP contribution >= 0.6 is 11.3 Å². The first-order valence-electron chi connectivity index (χ1n) is 6.56. The van der Waals surface area contributed by atoms with Gasteiger partial charge in [-0.3, -0.25) is 0 Å². The van der Waals surface area contributed by atoms with E-state index < -0.39 is 0 Å². The second-order valence-electron chi connectivity index (χ2n) is 4.69. The van der Waals surface area contributed by atoms with Crippen molar-refractivity contribution in [2.24, 2.45) is 7.05 Å². The summed E-state index contributed by atoms with van der Waals surface area (Å²) in [5.41, 5.74) is 1.87. The lowest BCUT2D eigenvalue weighted by atomic mass is 10.1. The molecule has 0 spiro atoms. The summed E-state index contributed by atoms with van der Waals surface area (Å²) in [6.45, 7) is 3.01. The molecule has 0 aliphatic carbocycles. The van der Waals surface area contributed by atoms with Gasteiger partial charge in [-0.05, 0) is 29.5 Å². The topological polar surface area (TPSA) is 40.8 Å². The zero-order valence-electron chi connectivity index (χ0n) is 11.4. The lowest BCUT2D eigenvalue weighted by Crippen LogP contribution is -2.19. The summed E-state index contributed by atoms with van der Waals surface area (Å²) in [7, 11) is 1.91. The number of hydrogen-bond donors (Lipinski definition) is 1. The molecule has 0 saturated heterocycles. The van der Waals surface area contributed by atoms with E-state index in [4.69, 9.17) is 5.26 Å². The molecular formula is C15H19N3S. The molecule has 0 saturated carbocycles. The van der Waals surface area contributed by atoms with Crippen LogP contribution in [0.4, 0.5) is 0 Å². The fourth-order valence-electron chi connectivity index (χ4n) is 2.20. The predicted octanol–water partition coefficient (Wildman–Crippen LogP) is 3.59. The first-order valence-corrected chi connectivity index (χ1v) is 7.44. The molecule has 1 unspecified atom stereocenters. The molecule has 0 aromatic carbocycles. The largest absolute Gasteiger partial charge is 0.342 e. The van der Waals surface area contributed by atoms with E-state index in [1.165, 1.54) is 4.88 Å². The average molecular weight is 273 g/mol. The Hall–Kier alpha value is -1.57. The molecule has 2 aromatic heterocycles. The molecule has 0 radical (unpaired) electrons. The monoisotopic (exact) mass is 273 g/mol. The molecule has 4 heteroatoms. The van der Waals surface area contributed by atoms with Crippen molar-refractivity contribution in [1.29, 1.82) is 5.26 Å². The molecule has 0 fully saturated rings. The highest BCUT2D eigenvalue weighted by atomic mass is 32.1. The van der Waals surface area contributed by atoms with Gasteiger partial charge in [-0.15, -0.1) is 11.3 Å². The highest BCUT2D eigenvalue weighted by Crippen LogP contribution is 2.23. The smallest absolute Gasteiger partial charge is 0.120 e. The van der Waals surface area contributed by atoms with E-state index in [1.807, 2.05) is 23.9 Å². The molecule has 3 nitrogen and oxygen atoms in total. The van der Waals surface area contributed by atoms with Crippen molar-refractivity contribution in [3.8, 4) is 6.07 Å². The van der Waals surface area contributed by atoms with Crippen molar-refractivity contribution in [2.45, 2.75) is 32.4 Å². The van der Waals surface area contributed by atoms with Crippen LogP contribution in [0.3, 0.4) is 0 Å². The molecule has 2 heterocycles. The van der Waals surface area contributed by atoms with Crippen molar-refractivity contribution in [2.75, 3.05) is 0 Å². The van der Waals surface area contributed by atoms with Gasteiger partial charge < -0.3 is 9.88 Å². The van der Waals surface area contributed by atoms with E-state index in [0.29, 0.717) is 11.7 Å². The van der Waals surface area contributed by atoms with Crippen molar-refractivity contribution in [3.05, 3.63) is 45.9 Å². The summed E-state index contributed by atoms with van der Waals surface area (Å²) in [6, 6.07) is 8.84. The highest BCUT2D eigenvalue weighted by Gasteiger charge is 2.11. The van der Waals surface area contributed by atoms with Crippen LogP contribution in [0.15, 0.2) is 29.8 Å². The first kappa shape index (κ1) is 13.9. The van der Waals surface area contributed by atoms with Gasteiger partial charge in [0.2, 0.25) is 0 Å². The number of aromatic nitrogens is 1. The van der Waals surface area contributed by atoms with E-state index in [0.717, 1.165) is 24.9 Å². The summed E-state index contributed by atoms with van der Waals surface area (Å²) in [4.78, 5) is 1.39. The lowest BCUT2D eigenvalue weighted by Gasteiger charge is -2.16. The van der Waals surface area contributed by atoms with Crippen molar-refractivity contribution in [3.63, 3.8) is 0 Å². The van der Waals surface area contributed by atoms with E-state index in [1.54, 1.807) is 11.3 Å². The van der Waals surface area contributed by atoms with E-state index in [-0.39, 0.29) is 0 Å². The quantitative estimate of drug-likeness (QED) is 0.873. The number of rotatable bonds is 6. The second-order valence-corrected chi connectivity index (χ2v) is 5.67. The number of nitriles is 1. The molecule has 1 N–H and O–H groups in total. The predicted molar refractivity (Wildman–Crippen MR) is 78.9 cm³/mol. The number of nitrogens with zero attached hydrogens (tertiary/aromatic N) is 2. The van der Waals surface area contributed by atoms with Gasteiger partial charge in [0, 0.05) is 30.7 Å². The van der Waals surface area contributed by atoms with E-state index in [9.17, 15) is 0 Å². The summed E-state index contributed by atoms with van der Waals surface area (Å²) in [6.07, 6.45) is 4.31. The molecule has 1 atom stereocenters. The Kier molecular flexibility index (Phi) is 4.78. The van der Waals surface area contributed by atoms with Crippen LogP contribution in [-0.4, -0.2) is 4.57 Å². The minimum absolute atomic E-state index is 0.413. The van der Waals surface area contributed by atoms with Crippen LogP contribution in [0.25, 0.3) is 0 Å². The minimum Gasteiger partial charge on any atom is -0.342 e. The van der Waals surface area contributed by atoms with E-state index >= 15 is 0 Å². The van der Waals surface area contributed by atoms with Crippen LogP contribution in [0.5, 0.6) is 0 Å². The first-order chi connectivity index (χ1) is 9.24. The standard InChI is InChI=1S/C15H19N3S/c1-3-5-14(15-6-4-7-19-15)17-10-12-8-13(9-16)18(2)11-12/h4,6-8,11,14,17H,3,5,10H2,1-2H3. The molecule has 2 aromatic rings. The third-order valence-electron chi connectivity index (χ3n) is 3.19. The lowest BCUT2D eigenvalue weighted by molar-refractivity contribution is 0.500. The van der Waals surface area contributed by atoms with Crippen LogP contribution in [0.2, 0.25) is 0 Å². The Morgan fingerprint density at radius 2 is 2.37 bits per heavy atom. The molecule has 100 valence electrons. The SMILES string of the molecule is CCCC(NCc1cc(C#N)n(C)c1)c1cccs1. The number of aryl methyl sites for hydroxylation is 1.